The van der Waals surface area contributed by atoms with Crippen LogP contribution in [0, 0.1) is 5.41 Å². The zero-order chi connectivity index (χ0) is 20.0. The summed E-state index contributed by atoms with van der Waals surface area (Å²) in [6.45, 7) is 6.03. The van der Waals surface area contributed by atoms with E-state index >= 15 is 0 Å². The van der Waals surface area contributed by atoms with Crippen LogP contribution in [0.2, 0.25) is 0 Å². The normalized spacial score (nSPS) is 22.8. The van der Waals surface area contributed by atoms with Crippen LogP contribution in [0.25, 0.3) is 0 Å². The minimum absolute atomic E-state index is 0. The van der Waals surface area contributed by atoms with Crippen LogP contribution >= 0.6 is 12.4 Å². The highest BCUT2D eigenvalue weighted by atomic mass is 35.5. The number of carbonyl (C=O) groups is 2. The maximum Gasteiger partial charge on any atom is 0.253 e. The first-order valence-corrected chi connectivity index (χ1v) is 10.5. The van der Waals surface area contributed by atoms with E-state index in [1.54, 1.807) is 0 Å². The van der Waals surface area contributed by atoms with Crippen molar-refractivity contribution in [2.75, 3.05) is 39.3 Å². The molecule has 0 radical (unpaired) electrons. The lowest BCUT2D eigenvalue weighted by atomic mass is 9.79. The largest absolute Gasteiger partial charge is 0.378 e. The molecule has 2 fully saturated rings. The number of likely N-dealkylation sites (tertiary alicyclic amines) is 2. The SMILES string of the molecule is CC1(C(=O)N2CCC(OCCCN)CC2)CCCN(C(=O)c2ccccc2)C1.Cl. The number of amides is 2. The monoisotopic (exact) mass is 423 g/mol. The van der Waals surface area contributed by atoms with Crippen LogP contribution in [-0.2, 0) is 9.53 Å². The number of nitrogens with two attached hydrogens (primary N) is 1. The summed E-state index contributed by atoms with van der Waals surface area (Å²) in [7, 11) is 0. The molecule has 0 aliphatic carbocycles. The lowest BCUT2D eigenvalue weighted by molar-refractivity contribution is -0.146. The Balaban J connectivity index is 0.00000300. The molecule has 2 saturated heterocycles. The van der Waals surface area contributed by atoms with Gasteiger partial charge in [-0.2, -0.15) is 0 Å². The van der Waals surface area contributed by atoms with Gasteiger partial charge in [-0.1, -0.05) is 18.2 Å². The summed E-state index contributed by atoms with van der Waals surface area (Å²) in [6, 6.07) is 9.34. The third-order valence-corrected chi connectivity index (χ3v) is 5.95. The van der Waals surface area contributed by atoms with Gasteiger partial charge in [-0.05, 0) is 57.7 Å². The Morgan fingerprint density at radius 1 is 1.14 bits per heavy atom. The van der Waals surface area contributed by atoms with E-state index in [9.17, 15) is 9.59 Å². The number of piperidine rings is 2. The summed E-state index contributed by atoms with van der Waals surface area (Å²) in [5, 5.41) is 0. The van der Waals surface area contributed by atoms with Crippen molar-refractivity contribution in [1.82, 2.24) is 9.80 Å². The highest BCUT2D eigenvalue weighted by Crippen LogP contribution is 2.33. The van der Waals surface area contributed by atoms with Gasteiger partial charge in [0.1, 0.15) is 0 Å². The number of rotatable bonds is 6. The first-order valence-electron chi connectivity index (χ1n) is 10.5. The van der Waals surface area contributed by atoms with E-state index in [1.807, 2.05) is 47.1 Å². The molecular weight excluding hydrogens is 390 g/mol. The zero-order valence-electron chi connectivity index (χ0n) is 17.3. The molecule has 0 bridgehead atoms. The lowest BCUT2D eigenvalue weighted by Crippen LogP contribution is -2.54. The molecule has 2 aliphatic rings. The second-order valence-electron chi connectivity index (χ2n) is 8.26. The number of nitrogens with zero attached hydrogens (tertiary/aromatic N) is 2. The summed E-state index contributed by atoms with van der Waals surface area (Å²) < 4.78 is 5.85. The van der Waals surface area contributed by atoms with Gasteiger partial charge < -0.3 is 20.3 Å². The Labute approximate surface area is 180 Å². The van der Waals surface area contributed by atoms with E-state index in [1.165, 1.54) is 0 Å². The second kappa shape index (κ2) is 11.0. The highest BCUT2D eigenvalue weighted by Gasteiger charge is 2.42. The quantitative estimate of drug-likeness (QED) is 0.714. The topological polar surface area (TPSA) is 75.9 Å². The van der Waals surface area contributed by atoms with Gasteiger partial charge in [0.05, 0.1) is 11.5 Å². The number of halogens is 1. The first kappa shape index (κ1) is 23.6. The van der Waals surface area contributed by atoms with Crippen molar-refractivity contribution in [1.29, 1.82) is 0 Å². The average molecular weight is 424 g/mol. The van der Waals surface area contributed by atoms with Crippen molar-refractivity contribution in [3.05, 3.63) is 35.9 Å². The van der Waals surface area contributed by atoms with Gasteiger partial charge in [0.25, 0.3) is 5.91 Å². The maximum absolute atomic E-state index is 13.3. The molecule has 2 heterocycles. The molecule has 0 aromatic heterocycles. The van der Waals surface area contributed by atoms with E-state index in [0.717, 1.165) is 45.2 Å². The minimum atomic E-state index is -0.504. The molecule has 2 aliphatic heterocycles. The third-order valence-electron chi connectivity index (χ3n) is 5.95. The van der Waals surface area contributed by atoms with Crippen LogP contribution in [0.5, 0.6) is 0 Å². The van der Waals surface area contributed by atoms with E-state index in [0.29, 0.717) is 31.8 Å². The molecule has 29 heavy (non-hydrogen) atoms. The molecule has 7 heteroatoms. The maximum atomic E-state index is 13.3. The Morgan fingerprint density at radius 3 is 2.48 bits per heavy atom. The molecule has 162 valence electrons. The standard InChI is InChI=1S/C22H33N3O3.ClH/c1-22(21(27)24-14-9-19(10-15-24)28-16-6-12-23)11-5-13-25(17-22)20(26)18-7-3-2-4-8-18;/h2-4,7-8,19H,5-6,9-17,23H2,1H3;1H. The van der Waals surface area contributed by atoms with Gasteiger partial charge >= 0.3 is 0 Å². The summed E-state index contributed by atoms with van der Waals surface area (Å²) >= 11 is 0. The average Bonchev–Trinajstić information content (AvgIpc) is 2.74. The number of benzene rings is 1. The fourth-order valence-corrected chi connectivity index (χ4v) is 4.29. The van der Waals surface area contributed by atoms with Gasteiger partial charge in [-0.25, -0.2) is 0 Å². The summed E-state index contributed by atoms with van der Waals surface area (Å²) in [5.41, 5.74) is 5.70. The van der Waals surface area contributed by atoms with Crippen molar-refractivity contribution >= 4 is 24.2 Å². The second-order valence-corrected chi connectivity index (χ2v) is 8.26. The van der Waals surface area contributed by atoms with Gasteiger partial charge in [-0.3, -0.25) is 9.59 Å². The Kier molecular flexibility index (Phi) is 8.93. The van der Waals surface area contributed by atoms with E-state index in [4.69, 9.17) is 10.5 Å². The molecule has 1 aromatic rings. The molecule has 1 atom stereocenters. The zero-order valence-corrected chi connectivity index (χ0v) is 18.2. The first-order chi connectivity index (χ1) is 13.5. The Hall–Kier alpha value is -1.63. The molecule has 2 amide bonds. The van der Waals surface area contributed by atoms with Crippen LogP contribution in [0.1, 0.15) is 49.4 Å². The van der Waals surface area contributed by atoms with E-state index in [-0.39, 0.29) is 30.3 Å². The third kappa shape index (κ3) is 5.93. The lowest BCUT2D eigenvalue weighted by Gasteiger charge is -2.43. The molecule has 0 spiro atoms. The molecule has 0 saturated carbocycles. The molecule has 1 aromatic carbocycles. The summed E-state index contributed by atoms with van der Waals surface area (Å²) in [4.78, 5) is 29.9. The molecule has 2 N–H and O–H groups in total. The molecular formula is C22H34ClN3O3. The van der Waals surface area contributed by atoms with Crippen molar-refractivity contribution < 1.29 is 14.3 Å². The predicted molar refractivity (Wildman–Crippen MR) is 116 cm³/mol. The van der Waals surface area contributed by atoms with Crippen LogP contribution in [0.4, 0.5) is 0 Å². The van der Waals surface area contributed by atoms with Gasteiger partial charge in [-0.15, -0.1) is 12.4 Å². The van der Waals surface area contributed by atoms with Crippen molar-refractivity contribution in [3.8, 4) is 0 Å². The predicted octanol–water partition coefficient (Wildman–Crippen LogP) is 2.71. The fourth-order valence-electron chi connectivity index (χ4n) is 4.29. The van der Waals surface area contributed by atoms with Crippen molar-refractivity contribution in [2.24, 2.45) is 11.1 Å². The summed E-state index contributed by atoms with van der Waals surface area (Å²) in [5.74, 6) is 0.199. The summed E-state index contributed by atoms with van der Waals surface area (Å²) in [6.07, 6.45) is 4.54. The number of hydrogen-bond donors (Lipinski definition) is 1. The van der Waals surface area contributed by atoms with E-state index in [2.05, 4.69) is 0 Å². The Morgan fingerprint density at radius 2 is 1.83 bits per heavy atom. The van der Waals surface area contributed by atoms with Gasteiger partial charge in [0.15, 0.2) is 0 Å². The van der Waals surface area contributed by atoms with Crippen LogP contribution in [-0.4, -0.2) is 67.0 Å². The fraction of sp³-hybridized carbons (Fsp3) is 0.636. The Bertz CT molecular complexity index is 665. The number of hydrogen-bond acceptors (Lipinski definition) is 4. The molecule has 3 rings (SSSR count). The van der Waals surface area contributed by atoms with Gasteiger partial charge in [0, 0.05) is 38.3 Å². The number of carbonyl (C=O) groups excluding carboxylic acids is 2. The van der Waals surface area contributed by atoms with Crippen LogP contribution < -0.4 is 5.73 Å². The minimum Gasteiger partial charge on any atom is -0.378 e. The van der Waals surface area contributed by atoms with Crippen LogP contribution in [0.3, 0.4) is 0 Å². The highest BCUT2D eigenvalue weighted by molar-refractivity contribution is 5.95. The van der Waals surface area contributed by atoms with Crippen LogP contribution in [0.15, 0.2) is 30.3 Å². The smallest absolute Gasteiger partial charge is 0.253 e. The number of ether oxygens (including phenoxy) is 1. The van der Waals surface area contributed by atoms with Crippen molar-refractivity contribution in [2.45, 2.75) is 45.1 Å². The van der Waals surface area contributed by atoms with Gasteiger partial charge in [0.2, 0.25) is 5.91 Å². The van der Waals surface area contributed by atoms with E-state index < -0.39 is 5.41 Å². The molecule has 1 unspecified atom stereocenters. The van der Waals surface area contributed by atoms with Crippen molar-refractivity contribution in [3.63, 3.8) is 0 Å². The molecule has 6 nitrogen and oxygen atoms in total.